The summed E-state index contributed by atoms with van der Waals surface area (Å²) in [5.41, 5.74) is 0.221. The molecule has 0 saturated carbocycles. The van der Waals surface area contributed by atoms with Crippen LogP contribution in [0.5, 0.6) is 0 Å². The van der Waals surface area contributed by atoms with Crippen LogP contribution in [0.25, 0.3) is 10.2 Å². The van der Waals surface area contributed by atoms with Gasteiger partial charge in [-0.2, -0.15) is 0 Å². The van der Waals surface area contributed by atoms with Gasteiger partial charge in [-0.3, -0.25) is 4.79 Å². The van der Waals surface area contributed by atoms with Crippen LogP contribution in [-0.4, -0.2) is 26.6 Å². The van der Waals surface area contributed by atoms with E-state index in [1.165, 1.54) is 11.3 Å². The third-order valence-corrected chi connectivity index (χ3v) is 4.24. The van der Waals surface area contributed by atoms with Crippen molar-refractivity contribution in [2.45, 2.75) is 32.5 Å². The lowest BCUT2D eigenvalue weighted by Gasteiger charge is -2.29. The number of carboxylic acids is 1. The van der Waals surface area contributed by atoms with Gasteiger partial charge in [0.05, 0.1) is 17.6 Å². The highest BCUT2D eigenvalue weighted by atomic mass is 32.1. The second-order valence-electron chi connectivity index (χ2n) is 5.13. The van der Waals surface area contributed by atoms with Gasteiger partial charge in [-0.25, -0.2) is 9.78 Å². The molecule has 3 rings (SSSR count). The van der Waals surface area contributed by atoms with E-state index in [9.17, 15) is 9.59 Å². The molecule has 19 heavy (non-hydrogen) atoms. The zero-order chi connectivity index (χ0) is 13.8. The Kier molecular flexibility index (Phi) is 2.51. The summed E-state index contributed by atoms with van der Waals surface area (Å²) in [7, 11) is 0. The molecule has 2 aromatic heterocycles. The molecule has 0 radical (unpaired) electrons. The number of thiophene rings is 1. The third kappa shape index (κ3) is 1.95. The molecule has 0 atom stereocenters. The number of aromatic nitrogens is 2. The first-order chi connectivity index (χ1) is 8.87. The second kappa shape index (κ2) is 3.88. The number of hydrogen-bond acceptors (Lipinski definition) is 5. The maximum atomic E-state index is 12.1. The molecular weight excluding hydrogens is 268 g/mol. The number of aromatic amines is 1. The molecular formula is C12H12N2O4S. The van der Waals surface area contributed by atoms with E-state index in [0.717, 1.165) is 10.4 Å². The van der Waals surface area contributed by atoms with Gasteiger partial charge in [0.15, 0.2) is 0 Å². The first-order valence-electron chi connectivity index (χ1n) is 5.79. The Balaban J connectivity index is 2.28. The summed E-state index contributed by atoms with van der Waals surface area (Å²) < 4.78 is 5.69. The van der Waals surface area contributed by atoms with E-state index < -0.39 is 11.5 Å². The Bertz CT molecular complexity index is 744. The van der Waals surface area contributed by atoms with E-state index in [1.807, 2.05) is 13.8 Å². The van der Waals surface area contributed by atoms with Crippen molar-refractivity contribution in [3.8, 4) is 0 Å². The minimum absolute atomic E-state index is 0.321. The van der Waals surface area contributed by atoms with Crippen molar-refractivity contribution in [1.29, 1.82) is 0 Å². The van der Waals surface area contributed by atoms with Crippen LogP contribution >= 0.6 is 11.3 Å². The van der Waals surface area contributed by atoms with Crippen molar-refractivity contribution in [3.05, 3.63) is 26.6 Å². The molecule has 6 nitrogen and oxygen atoms in total. The van der Waals surface area contributed by atoms with Crippen molar-refractivity contribution in [1.82, 2.24) is 9.97 Å². The average molecular weight is 280 g/mol. The monoisotopic (exact) mass is 280 g/mol. The van der Waals surface area contributed by atoms with E-state index in [2.05, 4.69) is 9.97 Å². The summed E-state index contributed by atoms with van der Waals surface area (Å²) in [6, 6.07) is 0. The van der Waals surface area contributed by atoms with Crippen LogP contribution in [0.4, 0.5) is 0 Å². The lowest BCUT2D eigenvalue weighted by molar-refractivity contribution is -0.0379. The third-order valence-electron chi connectivity index (χ3n) is 3.14. The molecule has 0 unspecified atom stereocenters. The molecule has 0 spiro atoms. The minimum atomic E-state index is -1.23. The Morgan fingerprint density at radius 3 is 2.95 bits per heavy atom. The summed E-state index contributed by atoms with van der Waals surface area (Å²) in [5, 5.41) is 9.40. The number of fused-ring (bicyclic) bond motifs is 3. The van der Waals surface area contributed by atoms with E-state index in [4.69, 9.17) is 9.84 Å². The fourth-order valence-electron chi connectivity index (χ4n) is 2.25. The molecule has 3 heterocycles. The standard InChI is InChI=1S/C12H12N2O4S/c1-12(2)3-5-6(4-18-12)19-10-7(5)9(15)13-8(14-10)11(16)17/h3-4H2,1-2H3,(H,16,17)(H,13,14,15). The average Bonchev–Trinajstić information content (AvgIpc) is 2.65. The van der Waals surface area contributed by atoms with Crippen molar-refractivity contribution in [2.24, 2.45) is 0 Å². The molecule has 2 N–H and O–H groups in total. The largest absolute Gasteiger partial charge is 0.475 e. The zero-order valence-corrected chi connectivity index (χ0v) is 11.3. The van der Waals surface area contributed by atoms with Crippen molar-refractivity contribution in [3.63, 3.8) is 0 Å². The normalized spacial score (nSPS) is 17.4. The van der Waals surface area contributed by atoms with Gasteiger partial charge in [-0.05, 0) is 19.4 Å². The predicted octanol–water partition coefficient (Wildman–Crippen LogP) is 1.53. The SMILES string of the molecule is CC1(C)Cc2c(sc3nc(C(=O)O)[nH]c(=O)c23)CO1. The maximum absolute atomic E-state index is 12.1. The summed E-state index contributed by atoms with van der Waals surface area (Å²) in [4.78, 5) is 30.7. The fraction of sp³-hybridized carbons (Fsp3) is 0.417. The Labute approximate surface area is 112 Å². The number of carbonyl (C=O) groups is 1. The molecule has 0 amide bonds. The highest BCUT2D eigenvalue weighted by Gasteiger charge is 2.30. The molecule has 2 aromatic rings. The maximum Gasteiger partial charge on any atom is 0.372 e. The smallest absolute Gasteiger partial charge is 0.372 e. The van der Waals surface area contributed by atoms with Crippen molar-refractivity contribution in [2.75, 3.05) is 0 Å². The number of aromatic carboxylic acids is 1. The molecule has 7 heteroatoms. The van der Waals surface area contributed by atoms with Gasteiger partial charge in [-0.1, -0.05) is 0 Å². The van der Waals surface area contributed by atoms with E-state index >= 15 is 0 Å². The van der Waals surface area contributed by atoms with Gasteiger partial charge in [-0.15, -0.1) is 11.3 Å². The molecule has 0 saturated heterocycles. The van der Waals surface area contributed by atoms with Gasteiger partial charge < -0.3 is 14.8 Å². The molecule has 0 fully saturated rings. The van der Waals surface area contributed by atoms with Crippen LogP contribution in [0, 0.1) is 0 Å². The Hall–Kier alpha value is -1.73. The number of rotatable bonds is 1. The molecule has 0 aromatic carbocycles. The molecule has 1 aliphatic rings. The number of ether oxygens (including phenoxy) is 1. The highest BCUT2D eigenvalue weighted by Crippen LogP contribution is 2.36. The van der Waals surface area contributed by atoms with Crippen molar-refractivity contribution < 1.29 is 14.6 Å². The van der Waals surface area contributed by atoms with E-state index in [-0.39, 0.29) is 11.4 Å². The van der Waals surface area contributed by atoms with Crippen LogP contribution in [-0.2, 0) is 17.8 Å². The van der Waals surface area contributed by atoms with E-state index in [1.54, 1.807) is 0 Å². The van der Waals surface area contributed by atoms with Gasteiger partial charge in [0.1, 0.15) is 4.83 Å². The fourth-order valence-corrected chi connectivity index (χ4v) is 3.36. The first-order valence-corrected chi connectivity index (χ1v) is 6.61. The van der Waals surface area contributed by atoms with Crippen LogP contribution in [0.15, 0.2) is 4.79 Å². The highest BCUT2D eigenvalue weighted by molar-refractivity contribution is 7.18. The Morgan fingerprint density at radius 2 is 2.26 bits per heavy atom. The van der Waals surface area contributed by atoms with Crippen LogP contribution < -0.4 is 5.56 Å². The number of carboxylic acid groups (broad SMARTS) is 1. The second-order valence-corrected chi connectivity index (χ2v) is 6.21. The quantitative estimate of drug-likeness (QED) is 0.826. The number of hydrogen-bond donors (Lipinski definition) is 2. The topological polar surface area (TPSA) is 92.3 Å². The zero-order valence-electron chi connectivity index (χ0n) is 10.4. The lowest BCUT2D eigenvalue weighted by atomic mass is 9.94. The lowest BCUT2D eigenvalue weighted by Crippen LogP contribution is -2.31. The van der Waals surface area contributed by atoms with E-state index in [0.29, 0.717) is 23.2 Å². The number of nitrogens with one attached hydrogen (secondary N) is 1. The summed E-state index contributed by atoms with van der Waals surface area (Å²) in [6.07, 6.45) is 0.625. The molecule has 1 aliphatic heterocycles. The summed E-state index contributed by atoms with van der Waals surface area (Å²) in [5.74, 6) is -1.56. The van der Waals surface area contributed by atoms with Crippen molar-refractivity contribution >= 4 is 27.5 Å². The molecule has 0 aliphatic carbocycles. The van der Waals surface area contributed by atoms with Crippen LogP contribution in [0.3, 0.4) is 0 Å². The van der Waals surface area contributed by atoms with Gasteiger partial charge in [0.2, 0.25) is 5.82 Å². The predicted molar refractivity (Wildman–Crippen MR) is 69.8 cm³/mol. The number of nitrogens with zero attached hydrogens (tertiary/aromatic N) is 1. The Morgan fingerprint density at radius 1 is 1.53 bits per heavy atom. The molecule has 0 bridgehead atoms. The first kappa shape index (κ1) is 12.3. The van der Waals surface area contributed by atoms with Gasteiger partial charge in [0, 0.05) is 11.3 Å². The summed E-state index contributed by atoms with van der Waals surface area (Å²) in [6.45, 7) is 4.37. The van der Waals surface area contributed by atoms with Gasteiger partial charge >= 0.3 is 5.97 Å². The minimum Gasteiger partial charge on any atom is -0.475 e. The van der Waals surface area contributed by atoms with Crippen LogP contribution in [0.1, 0.15) is 34.9 Å². The van der Waals surface area contributed by atoms with Crippen LogP contribution in [0.2, 0.25) is 0 Å². The van der Waals surface area contributed by atoms with Gasteiger partial charge in [0.25, 0.3) is 5.56 Å². The summed E-state index contributed by atoms with van der Waals surface area (Å²) >= 11 is 1.33. The number of H-pyrrole nitrogens is 1. The molecule has 100 valence electrons.